The Morgan fingerprint density at radius 1 is 1.00 bits per heavy atom. The van der Waals surface area contributed by atoms with Crippen molar-refractivity contribution in [3.63, 3.8) is 0 Å². The van der Waals surface area contributed by atoms with Crippen molar-refractivity contribution >= 4 is 21.6 Å². The fourth-order valence-corrected chi connectivity index (χ4v) is 6.58. The summed E-state index contributed by atoms with van der Waals surface area (Å²) in [6.45, 7) is 16.1. The van der Waals surface area contributed by atoms with Gasteiger partial charge < -0.3 is 14.8 Å². The Morgan fingerprint density at radius 3 is 2.24 bits per heavy atom. The van der Waals surface area contributed by atoms with Crippen LogP contribution in [0.15, 0.2) is 59.5 Å². The third kappa shape index (κ3) is 6.22. The van der Waals surface area contributed by atoms with Gasteiger partial charge in [0.25, 0.3) is 15.9 Å². The molecule has 1 aliphatic heterocycles. The summed E-state index contributed by atoms with van der Waals surface area (Å²) in [6, 6.07) is 16.0. The lowest BCUT2D eigenvalue weighted by Crippen LogP contribution is -2.51. The van der Waals surface area contributed by atoms with E-state index in [1.54, 1.807) is 37.4 Å². The number of anilines is 1. The molecule has 0 fully saturated rings. The number of amides is 1. The monoisotopic (exact) mass is 578 g/mol. The van der Waals surface area contributed by atoms with E-state index in [-0.39, 0.29) is 34.7 Å². The molecule has 1 amide bonds. The number of nitrogens with zero attached hydrogens (tertiary/aromatic N) is 1. The minimum atomic E-state index is -3.97. The predicted octanol–water partition coefficient (Wildman–Crippen LogP) is 6.57. The molecular weight excluding hydrogens is 536 g/mol. The van der Waals surface area contributed by atoms with Crippen LogP contribution in [0, 0.1) is 13.8 Å². The van der Waals surface area contributed by atoms with Crippen LogP contribution in [-0.4, -0.2) is 34.1 Å². The average molecular weight is 579 g/mol. The normalized spacial score (nSPS) is 16.1. The number of nitrogens with one attached hydrogen (secondary N) is 1. The summed E-state index contributed by atoms with van der Waals surface area (Å²) in [5.74, 6) is 1.03. The number of hydrogen-bond acceptors (Lipinski definition) is 5. The van der Waals surface area contributed by atoms with E-state index in [0.29, 0.717) is 11.4 Å². The SMILES string of the molecule is COc1cc(C)c([C@@H](C)NC(=O)[C@@H]2CN(S(=O)(=O)c3ccc(C)cc3)c3cc(C(C)(C)C)ccc3O2)cc1C(C)C. The molecule has 4 rings (SSSR count). The first kappa shape index (κ1) is 30.4. The number of methoxy groups -OCH3 is 1. The van der Waals surface area contributed by atoms with E-state index in [2.05, 4.69) is 46.0 Å². The average Bonchev–Trinajstić information content (AvgIpc) is 2.91. The molecule has 7 nitrogen and oxygen atoms in total. The van der Waals surface area contributed by atoms with E-state index in [0.717, 1.165) is 33.6 Å². The molecule has 0 aliphatic carbocycles. The lowest BCUT2D eigenvalue weighted by molar-refractivity contribution is -0.128. The van der Waals surface area contributed by atoms with Gasteiger partial charge >= 0.3 is 0 Å². The molecule has 0 saturated heterocycles. The zero-order valence-electron chi connectivity index (χ0n) is 25.5. The van der Waals surface area contributed by atoms with Gasteiger partial charge in [-0.25, -0.2) is 8.42 Å². The number of rotatable bonds is 7. The Labute approximate surface area is 244 Å². The number of ether oxygens (including phenoxy) is 2. The predicted molar refractivity (Wildman–Crippen MR) is 164 cm³/mol. The maximum Gasteiger partial charge on any atom is 0.264 e. The van der Waals surface area contributed by atoms with E-state index >= 15 is 0 Å². The molecule has 0 unspecified atom stereocenters. The molecule has 0 saturated carbocycles. The van der Waals surface area contributed by atoms with Gasteiger partial charge in [-0.15, -0.1) is 0 Å². The molecule has 1 aliphatic rings. The Balaban J connectivity index is 1.69. The molecule has 0 bridgehead atoms. The van der Waals surface area contributed by atoms with Gasteiger partial charge in [0.15, 0.2) is 6.10 Å². The van der Waals surface area contributed by atoms with Gasteiger partial charge in [0.1, 0.15) is 11.5 Å². The first-order chi connectivity index (χ1) is 19.1. The molecule has 3 aromatic rings. The van der Waals surface area contributed by atoms with Gasteiger partial charge in [0.05, 0.1) is 30.3 Å². The summed E-state index contributed by atoms with van der Waals surface area (Å²) >= 11 is 0. The highest BCUT2D eigenvalue weighted by atomic mass is 32.2. The molecule has 1 N–H and O–H groups in total. The molecule has 220 valence electrons. The van der Waals surface area contributed by atoms with Crippen LogP contribution >= 0.6 is 0 Å². The van der Waals surface area contributed by atoms with Gasteiger partial charge in [-0.05, 0) is 90.8 Å². The molecular formula is C33H42N2O5S. The van der Waals surface area contributed by atoms with Crippen LogP contribution < -0.4 is 19.1 Å². The summed E-state index contributed by atoms with van der Waals surface area (Å²) in [5, 5.41) is 3.07. The number of fused-ring (bicyclic) bond motifs is 1. The summed E-state index contributed by atoms with van der Waals surface area (Å²) in [6.07, 6.45) is -1.03. The van der Waals surface area contributed by atoms with Gasteiger partial charge in [-0.2, -0.15) is 0 Å². The zero-order valence-corrected chi connectivity index (χ0v) is 26.3. The Morgan fingerprint density at radius 2 is 1.66 bits per heavy atom. The first-order valence-electron chi connectivity index (χ1n) is 14.0. The maximum absolute atomic E-state index is 14.0. The molecule has 1 heterocycles. The molecule has 3 aromatic carbocycles. The molecule has 0 spiro atoms. The zero-order chi connectivity index (χ0) is 30.3. The molecule has 0 aromatic heterocycles. The second kappa shape index (κ2) is 11.4. The van der Waals surface area contributed by atoms with E-state index < -0.39 is 16.1 Å². The van der Waals surface area contributed by atoms with E-state index in [4.69, 9.17) is 9.47 Å². The lowest BCUT2D eigenvalue weighted by atomic mass is 9.86. The minimum absolute atomic E-state index is 0.145. The number of carbonyl (C=O) groups excluding carboxylic acids is 1. The Hall–Kier alpha value is -3.52. The van der Waals surface area contributed by atoms with Crippen molar-refractivity contribution in [3.8, 4) is 11.5 Å². The summed E-state index contributed by atoms with van der Waals surface area (Å²) in [5.41, 5.74) is 5.18. The first-order valence-corrected chi connectivity index (χ1v) is 15.5. The molecule has 8 heteroatoms. The van der Waals surface area contributed by atoms with Gasteiger partial charge in [0.2, 0.25) is 0 Å². The Kier molecular flexibility index (Phi) is 8.46. The van der Waals surface area contributed by atoms with Crippen molar-refractivity contribution in [1.29, 1.82) is 0 Å². The highest BCUT2D eigenvalue weighted by molar-refractivity contribution is 7.92. The second-order valence-electron chi connectivity index (χ2n) is 12.2. The highest BCUT2D eigenvalue weighted by Gasteiger charge is 2.38. The van der Waals surface area contributed by atoms with Crippen LogP contribution in [0.3, 0.4) is 0 Å². The van der Waals surface area contributed by atoms with E-state index in [1.807, 2.05) is 39.0 Å². The van der Waals surface area contributed by atoms with Crippen LogP contribution in [0.4, 0.5) is 5.69 Å². The molecule has 0 radical (unpaired) electrons. The van der Waals surface area contributed by atoms with Crippen LogP contribution in [0.5, 0.6) is 11.5 Å². The van der Waals surface area contributed by atoms with Crippen LogP contribution in [0.1, 0.15) is 81.3 Å². The van der Waals surface area contributed by atoms with Crippen molar-refractivity contribution in [2.24, 2.45) is 0 Å². The summed E-state index contributed by atoms with van der Waals surface area (Å²) in [7, 11) is -2.31. The summed E-state index contributed by atoms with van der Waals surface area (Å²) in [4.78, 5) is 13.8. The third-order valence-corrected chi connectivity index (χ3v) is 9.46. The second-order valence-corrected chi connectivity index (χ2v) is 14.1. The number of benzene rings is 3. The Bertz CT molecular complexity index is 1540. The van der Waals surface area contributed by atoms with Gasteiger partial charge in [0, 0.05) is 0 Å². The van der Waals surface area contributed by atoms with Gasteiger partial charge in [-0.1, -0.05) is 58.4 Å². The topological polar surface area (TPSA) is 84.9 Å². The number of carbonyl (C=O) groups is 1. The van der Waals surface area contributed by atoms with Crippen molar-refractivity contribution in [3.05, 3.63) is 82.4 Å². The number of hydrogen-bond donors (Lipinski definition) is 1. The fraction of sp³-hybridized carbons (Fsp3) is 0.424. The standard InChI is InChI=1S/C33H42N2O5S/c1-20(2)26-18-27(22(4)16-30(26)39-9)23(5)34-32(36)31-19-35(41(37,38)25-13-10-21(3)11-14-25)28-17-24(33(6,7)8)12-15-29(28)40-31/h10-18,20,23,31H,19H2,1-9H3,(H,34,36)/t23-,31+/m1/s1. The molecule has 2 atom stereocenters. The smallest absolute Gasteiger partial charge is 0.264 e. The van der Waals surface area contributed by atoms with E-state index in [9.17, 15) is 13.2 Å². The van der Waals surface area contributed by atoms with Crippen molar-refractivity contribution in [2.45, 2.75) is 83.8 Å². The number of aryl methyl sites for hydroxylation is 2. The van der Waals surface area contributed by atoms with Gasteiger partial charge in [-0.3, -0.25) is 9.10 Å². The van der Waals surface area contributed by atoms with Crippen LogP contribution in [0.25, 0.3) is 0 Å². The van der Waals surface area contributed by atoms with Crippen LogP contribution in [0.2, 0.25) is 0 Å². The summed E-state index contributed by atoms with van der Waals surface area (Å²) < 4.78 is 41.0. The fourth-order valence-electron chi connectivity index (χ4n) is 5.11. The van der Waals surface area contributed by atoms with Crippen molar-refractivity contribution in [2.75, 3.05) is 18.0 Å². The number of sulfonamides is 1. The lowest BCUT2D eigenvalue weighted by Gasteiger charge is -2.36. The largest absolute Gasteiger partial charge is 0.496 e. The minimum Gasteiger partial charge on any atom is -0.496 e. The highest BCUT2D eigenvalue weighted by Crippen LogP contribution is 2.40. The maximum atomic E-state index is 14.0. The molecule has 41 heavy (non-hydrogen) atoms. The van der Waals surface area contributed by atoms with Crippen molar-refractivity contribution in [1.82, 2.24) is 5.32 Å². The van der Waals surface area contributed by atoms with E-state index in [1.165, 1.54) is 4.31 Å². The van der Waals surface area contributed by atoms with Crippen molar-refractivity contribution < 1.29 is 22.7 Å². The quantitative estimate of drug-likeness (QED) is 0.343. The van der Waals surface area contributed by atoms with Crippen LogP contribution in [-0.2, 0) is 20.2 Å². The third-order valence-electron chi connectivity index (χ3n) is 7.66.